The third-order valence-corrected chi connectivity index (χ3v) is 3.52. The van der Waals surface area contributed by atoms with Crippen LogP contribution in [0.25, 0.3) is 6.08 Å². The molecule has 0 atom stereocenters. The van der Waals surface area contributed by atoms with Crippen LogP contribution in [-0.2, 0) is 9.53 Å². The molecular weight excluding hydrogens is 336 g/mol. The lowest BCUT2D eigenvalue weighted by Gasteiger charge is -2.03. The van der Waals surface area contributed by atoms with E-state index in [2.05, 4.69) is 4.99 Å². The number of hydrogen-bond donors (Lipinski definition) is 0. The second kappa shape index (κ2) is 6.76. The molecule has 0 amide bonds. The number of esters is 1. The number of nitrogens with zero attached hydrogens (tertiary/aromatic N) is 1. The van der Waals surface area contributed by atoms with Crippen molar-refractivity contribution in [2.75, 3.05) is 0 Å². The zero-order valence-electron chi connectivity index (χ0n) is 12.2. The van der Waals surface area contributed by atoms with Gasteiger partial charge in [-0.2, -0.15) is 0 Å². The minimum absolute atomic E-state index is 0.0133. The predicted octanol–water partition coefficient (Wildman–Crippen LogP) is 4.52. The van der Waals surface area contributed by atoms with Crippen molar-refractivity contribution in [1.82, 2.24) is 0 Å². The molecule has 1 aliphatic rings. The molecule has 0 unspecified atom stereocenters. The first-order valence-electron chi connectivity index (χ1n) is 6.94. The molecule has 0 spiro atoms. The molecule has 0 saturated heterocycles. The minimum atomic E-state index is -1.10. The molecule has 2 aromatic rings. The van der Waals surface area contributed by atoms with Crippen molar-refractivity contribution >= 4 is 29.5 Å². The number of hydrogen-bond acceptors (Lipinski definition) is 3. The van der Waals surface area contributed by atoms with Gasteiger partial charge in [0.2, 0.25) is 5.90 Å². The number of carbonyl (C=O) groups excluding carboxylic acids is 1. The first-order chi connectivity index (χ1) is 11.5. The molecule has 2 aromatic carbocycles. The van der Waals surface area contributed by atoms with Gasteiger partial charge in [0.05, 0.1) is 10.6 Å². The van der Waals surface area contributed by atoms with Crippen LogP contribution in [-0.4, -0.2) is 11.9 Å². The summed E-state index contributed by atoms with van der Waals surface area (Å²) in [5.41, 5.74) is 1.01. The first-order valence-corrected chi connectivity index (χ1v) is 7.31. The highest BCUT2D eigenvalue weighted by molar-refractivity contribution is 6.34. The number of carbonyl (C=O) groups is 1. The average Bonchev–Trinajstić information content (AvgIpc) is 2.93. The molecule has 3 nitrogen and oxygen atoms in total. The van der Waals surface area contributed by atoms with Crippen molar-refractivity contribution in [3.63, 3.8) is 0 Å². The van der Waals surface area contributed by atoms with Crippen LogP contribution in [0.15, 0.2) is 65.3 Å². The van der Waals surface area contributed by atoms with Gasteiger partial charge in [-0.15, -0.1) is 0 Å². The molecule has 24 heavy (non-hydrogen) atoms. The molecule has 0 radical (unpaired) electrons. The summed E-state index contributed by atoms with van der Waals surface area (Å²) in [6, 6.07) is 11.1. The van der Waals surface area contributed by atoms with E-state index >= 15 is 0 Å². The third-order valence-electron chi connectivity index (χ3n) is 3.20. The number of ether oxygens (including phenoxy) is 1. The Morgan fingerprint density at radius 2 is 1.79 bits per heavy atom. The van der Waals surface area contributed by atoms with E-state index in [-0.39, 0.29) is 22.2 Å². The number of cyclic esters (lactones) is 1. The van der Waals surface area contributed by atoms with Crippen LogP contribution in [0.1, 0.15) is 11.1 Å². The molecule has 6 heteroatoms. The Morgan fingerprint density at radius 3 is 2.54 bits per heavy atom. The second-order valence-electron chi connectivity index (χ2n) is 4.87. The van der Waals surface area contributed by atoms with Crippen LogP contribution in [0.5, 0.6) is 0 Å². The fraction of sp³-hybridized carbons (Fsp3) is 0. The summed E-state index contributed by atoms with van der Waals surface area (Å²) in [5, 5.41) is -0.0958. The number of rotatable bonds is 3. The van der Waals surface area contributed by atoms with Gasteiger partial charge in [0.25, 0.3) is 0 Å². The number of allylic oxidation sites excluding steroid dienone is 2. The van der Waals surface area contributed by atoms with Crippen molar-refractivity contribution < 1.29 is 18.3 Å². The average molecular weight is 346 g/mol. The summed E-state index contributed by atoms with van der Waals surface area (Å²) in [4.78, 5) is 15.8. The smallest absolute Gasteiger partial charge is 0.363 e. The van der Waals surface area contributed by atoms with E-state index in [1.165, 1.54) is 6.08 Å². The number of aliphatic imine (C=N–C) groups is 1. The topological polar surface area (TPSA) is 38.7 Å². The largest absolute Gasteiger partial charge is 0.402 e. The molecule has 3 rings (SSSR count). The van der Waals surface area contributed by atoms with Gasteiger partial charge in [-0.1, -0.05) is 54.1 Å². The van der Waals surface area contributed by atoms with E-state index in [0.29, 0.717) is 0 Å². The van der Waals surface area contributed by atoms with Crippen LogP contribution < -0.4 is 0 Å². The number of benzene rings is 2. The highest BCUT2D eigenvalue weighted by Crippen LogP contribution is 2.25. The van der Waals surface area contributed by atoms with Crippen LogP contribution in [0.2, 0.25) is 5.02 Å². The maximum atomic E-state index is 13.3. The Kier molecular flexibility index (Phi) is 4.53. The van der Waals surface area contributed by atoms with Gasteiger partial charge in [0, 0.05) is 0 Å². The van der Waals surface area contributed by atoms with Crippen LogP contribution >= 0.6 is 11.6 Å². The van der Waals surface area contributed by atoms with E-state index in [1.807, 2.05) is 30.3 Å². The predicted molar refractivity (Wildman–Crippen MR) is 87.6 cm³/mol. The van der Waals surface area contributed by atoms with Crippen LogP contribution in [0.3, 0.4) is 0 Å². The zero-order valence-corrected chi connectivity index (χ0v) is 12.9. The molecule has 1 heterocycles. The normalized spacial score (nSPS) is 15.9. The highest BCUT2D eigenvalue weighted by atomic mass is 35.5. The molecule has 0 saturated carbocycles. The standard InChI is InChI=1S/C18H10ClF2NO2/c19-13-10-15(21)14(20)9-12(13)17-22-16(18(23)24-17)8-4-7-11-5-2-1-3-6-11/h1-10H/b7-4+,16-8-. The minimum Gasteiger partial charge on any atom is -0.402 e. The van der Waals surface area contributed by atoms with E-state index in [9.17, 15) is 13.6 Å². The molecule has 0 bridgehead atoms. The second-order valence-corrected chi connectivity index (χ2v) is 5.28. The Balaban J connectivity index is 1.87. The Labute approximate surface area is 141 Å². The van der Waals surface area contributed by atoms with E-state index in [4.69, 9.17) is 16.3 Å². The highest BCUT2D eigenvalue weighted by Gasteiger charge is 2.26. The number of halogens is 3. The molecule has 0 N–H and O–H groups in total. The first kappa shape index (κ1) is 16.1. The summed E-state index contributed by atoms with van der Waals surface area (Å²) < 4.78 is 31.4. The summed E-state index contributed by atoms with van der Waals surface area (Å²) >= 11 is 5.85. The fourth-order valence-electron chi connectivity index (χ4n) is 2.04. The molecular formula is C18H10ClF2NO2. The summed E-state index contributed by atoms with van der Waals surface area (Å²) in [6.07, 6.45) is 4.90. The molecule has 0 aromatic heterocycles. The zero-order chi connectivity index (χ0) is 17.1. The van der Waals surface area contributed by atoms with Gasteiger partial charge in [-0.05, 0) is 23.8 Å². The van der Waals surface area contributed by atoms with Crippen molar-refractivity contribution in [3.05, 3.63) is 88.1 Å². The van der Waals surface area contributed by atoms with Crippen molar-refractivity contribution in [1.29, 1.82) is 0 Å². The summed E-state index contributed by atoms with van der Waals surface area (Å²) in [6.45, 7) is 0. The molecule has 0 fully saturated rings. The molecule has 120 valence electrons. The SMILES string of the molecule is O=C1OC(c2cc(F)c(F)cc2Cl)=N/C1=C\C=C\c1ccccc1. The molecule has 1 aliphatic heterocycles. The molecule has 0 aliphatic carbocycles. The summed E-state index contributed by atoms with van der Waals surface area (Å²) in [5.74, 6) is -3.04. The Morgan fingerprint density at radius 1 is 1.08 bits per heavy atom. The Hall–Kier alpha value is -2.79. The van der Waals surface area contributed by atoms with Gasteiger partial charge >= 0.3 is 5.97 Å². The van der Waals surface area contributed by atoms with E-state index in [1.54, 1.807) is 12.2 Å². The maximum absolute atomic E-state index is 13.3. The fourth-order valence-corrected chi connectivity index (χ4v) is 2.27. The van der Waals surface area contributed by atoms with Gasteiger partial charge in [0.15, 0.2) is 17.3 Å². The third kappa shape index (κ3) is 3.41. The lowest BCUT2D eigenvalue weighted by Crippen LogP contribution is -2.07. The van der Waals surface area contributed by atoms with Crippen LogP contribution in [0, 0.1) is 11.6 Å². The quantitative estimate of drug-likeness (QED) is 0.466. The van der Waals surface area contributed by atoms with Gasteiger partial charge in [-0.3, -0.25) is 0 Å². The van der Waals surface area contributed by atoms with E-state index in [0.717, 1.165) is 17.7 Å². The van der Waals surface area contributed by atoms with E-state index < -0.39 is 17.6 Å². The van der Waals surface area contributed by atoms with Crippen molar-refractivity contribution in [3.8, 4) is 0 Å². The maximum Gasteiger partial charge on any atom is 0.363 e. The van der Waals surface area contributed by atoms with Gasteiger partial charge in [-0.25, -0.2) is 18.6 Å². The lowest BCUT2D eigenvalue weighted by molar-refractivity contribution is -0.130. The Bertz CT molecular complexity index is 889. The summed E-state index contributed by atoms with van der Waals surface area (Å²) in [7, 11) is 0. The van der Waals surface area contributed by atoms with Crippen molar-refractivity contribution in [2.45, 2.75) is 0 Å². The monoisotopic (exact) mass is 345 g/mol. The van der Waals surface area contributed by atoms with Gasteiger partial charge < -0.3 is 4.74 Å². The van der Waals surface area contributed by atoms with Crippen LogP contribution in [0.4, 0.5) is 8.78 Å². The lowest BCUT2D eigenvalue weighted by atomic mass is 10.2. The van der Waals surface area contributed by atoms with Gasteiger partial charge in [0.1, 0.15) is 0 Å². The van der Waals surface area contributed by atoms with Crippen molar-refractivity contribution in [2.24, 2.45) is 4.99 Å².